The van der Waals surface area contributed by atoms with Gasteiger partial charge in [0.25, 0.3) is 0 Å². The molecule has 0 aromatic carbocycles. The largest absolute Gasteiger partial charge is 0.0776 e. The molecule has 0 amide bonds. The highest BCUT2D eigenvalue weighted by atomic mass is 13.7. The van der Waals surface area contributed by atoms with Gasteiger partial charge in [0.05, 0.1) is 0 Å². The Labute approximate surface area is 727 Å². The van der Waals surface area contributed by atoms with Crippen LogP contribution in [0.25, 0.3) is 0 Å². The number of hydrogen-bond acceptors (Lipinski definition) is 0. The number of unbranched alkanes of at least 4 members (excludes halogenated alkanes) is 7. The van der Waals surface area contributed by atoms with E-state index < -0.39 is 0 Å². The molecule has 0 fully saturated rings. The smallest absolute Gasteiger partial charge is 0.0564 e. The summed E-state index contributed by atoms with van der Waals surface area (Å²) in [6.07, 6.45) is 32.2. The van der Waals surface area contributed by atoms with E-state index in [4.69, 9.17) is 0 Å². The summed E-state index contributed by atoms with van der Waals surface area (Å²) in [6, 6.07) is 0. The molecule has 106 heavy (non-hydrogen) atoms. The maximum absolute atomic E-state index is 2.18. The van der Waals surface area contributed by atoms with Gasteiger partial charge in [-0.25, -0.2) is 0 Å². The lowest BCUT2D eigenvalue weighted by atomic mass is 10.4. The first-order chi connectivity index (χ1) is 41.0. The van der Waals surface area contributed by atoms with Crippen molar-refractivity contribution in [2.24, 2.45) is 0 Å². The third-order valence-corrected chi connectivity index (χ3v) is 3.50. The van der Waals surface area contributed by atoms with Crippen LogP contribution >= 0.6 is 0 Å². The lowest BCUT2D eigenvalue weighted by Crippen LogP contribution is -1.47. The van der Waals surface area contributed by atoms with Gasteiger partial charge in [-0.3, -0.25) is 0 Å². The van der Waals surface area contributed by atoms with Crippen LogP contribution in [0.2, 0.25) is 0 Å². The molecule has 0 nitrogen and oxygen atoms in total. The molecule has 0 N–H and O–H groups in total. The Kier molecular flexibility index (Phi) is 6620. The Bertz CT molecular complexity index is 141. The molecule has 0 unspecified atom stereocenters. The van der Waals surface area contributed by atoms with Crippen molar-refractivity contribution in [3.63, 3.8) is 0 Å². The maximum Gasteiger partial charge on any atom is -0.0564 e. The quantitative estimate of drug-likeness (QED) is 0.238. The lowest BCUT2D eigenvalue weighted by molar-refractivity contribution is 0.886. The van der Waals surface area contributed by atoms with Gasteiger partial charge < -0.3 is 0 Å². The van der Waals surface area contributed by atoms with E-state index in [1.165, 1.54) is 161 Å². The Balaban J connectivity index is -0.00000000600. The predicted molar refractivity (Wildman–Crippen MR) is 597 cm³/mol. The van der Waals surface area contributed by atoms with Gasteiger partial charge in [-0.1, -0.05) is 732 Å². The third-order valence-electron chi connectivity index (χ3n) is 3.50. The van der Waals surface area contributed by atoms with Crippen LogP contribution in [0, 0.1) is 0 Å². The van der Waals surface area contributed by atoms with Crippen LogP contribution in [-0.4, -0.2) is 0 Å². The highest BCUT2D eigenvalue weighted by molar-refractivity contribution is 4.15. The monoisotopic (exact) mass is 1590 g/mol. The SMILES string of the molecule is C.C.C.C.C.C.C.C.C.C.C.C.C.C.C.C.C.C.C.C.C.CC.CC.CC.CC.CC.CC.CC.CC.CC.CC.CC.CC.CCC.CCC.CCC.CCC.CCC.CCC.CCC.CCC.CCC.CCC.CCC.CCCC.CCCC.CCCC.CCCC.CCCC.CCCC.CCCC. The molecule has 0 aromatic heterocycles. The molecule has 0 aliphatic carbocycles. The Morgan fingerprint density at radius 2 is 0.0755 bits per heavy atom. The first-order valence-electron chi connectivity index (χ1n) is 41.0. The summed E-state index contributed by atoms with van der Waals surface area (Å²) in [4.78, 5) is 0. The van der Waals surface area contributed by atoms with Crippen LogP contribution in [0.3, 0.4) is 0 Å². The first kappa shape index (κ1) is 386. The van der Waals surface area contributed by atoms with Gasteiger partial charge in [0.1, 0.15) is 0 Å². The Hall–Kier alpha value is 0. The van der Waals surface area contributed by atoms with E-state index in [0.29, 0.717) is 0 Å². The normalized spacial score (nSPS) is 4.53. The van der Waals surface area contributed by atoms with Gasteiger partial charge in [-0.05, 0) is 0 Å². The van der Waals surface area contributed by atoms with Gasteiger partial charge in [0.15, 0.2) is 0 Å². The van der Waals surface area contributed by atoms with Gasteiger partial charge >= 0.3 is 0 Å². The molecule has 0 radical (unpaired) electrons. The van der Waals surface area contributed by atoms with Gasteiger partial charge in [0.2, 0.25) is 0 Å². The van der Waals surface area contributed by atoms with Crippen LogP contribution in [0.5, 0.6) is 0 Å². The summed E-state index contributed by atoms with van der Waals surface area (Å²) in [6.45, 7) is 125. The van der Waals surface area contributed by atoms with E-state index in [1.54, 1.807) is 0 Å². The molecule has 0 saturated heterocycles. The molecule has 0 heteroatoms. The van der Waals surface area contributed by atoms with Crippen LogP contribution < -0.4 is 0 Å². The third kappa shape index (κ3) is 22500. The molecule has 738 valence electrons. The molecule has 0 rings (SSSR count). The van der Waals surface area contributed by atoms with E-state index in [2.05, 4.69) is 249 Å². The van der Waals surface area contributed by atoms with E-state index >= 15 is 0 Å². The summed E-state index contributed by atoms with van der Waals surface area (Å²) in [5.74, 6) is 0. The van der Waals surface area contributed by atoms with E-state index in [-0.39, 0.29) is 156 Å². The highest BCUT2D eigenvalue weighted by Crippen LogP contribution is 1.79. The van der Waals surface area contributed by atoms with E-state index in [9.17, 15) is 0 Å². The Morgan fingerprint density at radius 1 is 0.0660 bits per heavy atom. The number of hydrogen-bond donors (Lipinski definition) is 0. The highest BCUT2D eigenvalue weighted by Gasteiger charge is 1.59. The van der Waals surface area contributed by atoms with E-state index in [0.717, 1.165) is 0 Å². The molecule has 0 heterocycles. The minimum Gasteiger partial charge on any atom is -0.0776 e. The average molecular weight is 1590 g/mol. The second-order valence-corrected chi connectivity index (χ2v) is 14.8. The van der Waals surface area contributed by atoms with Crippen molar-refractivity contribution in [1.82, 2.24) is 0 Å². The summed E-state index contributed by atoms with van der Waals surface area (Å²) < 4.78 is 0. The first-order valence-corrected chi connectivity index (χ1v) is 41.0. The number of rotatable bonds is 7. The zero-order chi connectivity index (χ0) is 77.7. The van der Waals surface area contributed by atoms with Crippen molar-refractivity contribution in [3.05, 3.63) is 0 Å². The van der Waals surface area contributed by atoms with Gasteiger partial charge in [-0.15, -0.1) is 0 Å². The topological polar surface area (TPSA) is 0 Å². The molecule has 0 bridgehead atoms. The second-order valence-electron chi connectivity index (χ2n) is 14.8. The summed E-state index contributed by atoms with van der Waals surface area (Å²) in [7, 11) is 0. The van der Waals surface area contributed by atoms with Crippen LogP contribution in [-0.2, 0) is 0 Å². The van der Waals surface area contributed by atoms with Crippen molar-refractivity contribution < 1.29 is 0 Å². The second kappa shape index (κ2) is 1820. The molecule has 0 atom stereocenters. The fraction of sp³-hybridized carbons (Fsp3) is 1.00. The zero-order valence-corrected chi connectivity index (χ0v) is 77.7. The predicted octanol–water partition coefficient (Wildman–Crippen LogP) is 53.9. The molecule has 0 saturated carbocycles. The summed E-state index contributed by atoms with van der Waals surface area (Å²) in [5.41, 5.74) is 0. The lowest BCUT2D eigenvalue weighted by Gasteiger charge is -1.68. The zero-order valence-electron chi connectivity index (χ0n) is 77.7. The van der Waals surface area contributed by atoms with Crippen molar-refractivity contribution >= 4 is 0 Å². The maximum atomic E-state index is 2.18. The van der Waals surface area contributed by atoms with Crippen LogP contribution in [0.15, 0.2) is 0 Å². The average Bonchev–Trinajstić information content (AvgIpc) is 3.57. The molecular formula is C106H314. The molecule has 0 spiro atoms. The van der Waals surface area contributed by atoms with Crippen molar-refractivity contribution in [2.45, 2.75) is 732 Å². The van der Waals surface area contributed by atoms with E-state index in [1.807, 2.05) is 166 Å². The van der Waals surface area contributed by atoms with Crippen molar-refractivity contribution in [2.75, 3.05) is 0 Å². The summed E-state index contributed by atoms with van der Waals surface area (Å²) in [5, 5.41) is 0. The minimum absolute atomic E-state index is 0. The molecule has 0 aromatic rings. The summed E-state index contributed by atoms with van der Waals surface area (Å²) >= 11 is 0. The minimum atomic E-state index is 0. The van der Waals surface area contributed by atoms with Crippen LogP contribution in [0.4, 0.5) is 0 Å². The molecule has 0 aliphatic rings. The standard InChI is InChI=1S/7C4H10.11C3H8.12C2H6.21CH4/c7*1-3-4-2;11*1-3-2;12*1-2;;;;;;;;;;;;;;;;;;;;;/h7*3-4H2,1-2H3;11*3H2,1-2H3;12*1-2H3;21*1H4. The van der Waals surface area contributed by atoms with Gasteiger partial charge in [-0.2, -0.15) is 0 Å². The van der Waals surface area contributed by atoms with Crippen molar-refractivity contribution in [1.29, 1.82) is 0 Å². The Morgan fingerprint density at radius 3 is 0.0755 bits per heavy atom. The fourth-order valence-electron chi connectivity index (χ4n) is 0. The van der Waals surface area contributed by atoms with Crippen LogP contribution in [0.1, 0.15) is 732 Å². The molecule has 0 aliphatic heterocycles. The fourth-order valence-corrected chi connectivity index (χ4v) is 0. The van der Waals surface area contributed by atoms with Gasteiger partial charge in [0, 0.05) is 0 Å². The van der Waals surface area contributed by atoms with Crippen molar-refractivity contribution in [3.8, 4) is 0 Å². The molecular weight excluding hydrogens is 1270 g/mol.